The lowest BCUT2D eigenvalue weighted by Gasteiger charge is -2.12. The highest BCUT2D eigenvalue weighted by Crippen LogP contribution is 2.35. The van der Waals surface area contributed by atoms with Crippen molar-refractivity contribution in [3.05, 3.63) is 28.8 Å². The monoisotopic (exact) mass is 295 g/mol. The van der Waals surface area contributed by atoms with Crippen LogP contribution in [0.3, 0.4) is 0 Å². The molecule has 0 amide bonds. The molecule has 8 heteroatoms. The summed E-state index contributed by atoms with van der Waals surface area (Å²) >= 11 is 7.12. The third-order valence-corrected chi connectivity index (χ3v) is 3.38. The Hall–Kier alpha value is -1.08. The molecule has 0 bridgehead atoms. The molecular weight excluding hydrogens is 287 g/mol. The number of hydrazine groups is 1. The molecule has 0 saturated carbocycles. The fourth-order valence-corrected chi connectivity index (χ4v) is 2.33. The van der Waals surface area contributed by atoms with Gasteiger partial charge in [0.25, 0.3) is 0 Å². The van der Waals surface area contributed by atoms with Crippen LogP contribution in [0.4, 0.5) is 18.9 Å². The molecule has 98 valence electrons. The molecule has 1 heterocycles. The first-order valence-electron chi connectivity index (χ1n) is 5.03. The van der Waals surface area contributed by atoms with Crippen LogP contribution in [0.5, 0.6) is 0 Å². The molecule has 1 aromatic carbocycles. The zero-order chi connectivity index (χ0) is 13.2. The van der Waals surface area contributed by atoms with Crippen LogP contribution in [0.2, 0.25) is 5.02 Å². The second-order valence-corrected chi connectivity index (χ2v) is 4.97. The molecule has 0 unspecified atom stereocenters. The maximum absolute atomic E-state index is 12.5. The first kappa shape index (κ1) is 13.4. The standard InChI is InChI=1S/C10H9ClF3N3S/c11-8-5-6(1-2-7(8)10(12,13)14)16-17-9-15-3-4-18-9/h1-2,5,16H,3-4H2,(H,15,17). The smallest absolute Gasteiger partial charge is 0.299 e. The van der Waals surface area contributed by atoms with E-state index in [1.807, 2.05) is 0 Å². The van der Waals surface area contributed by atoms with Gasteiger partial charge < -0.3 is 0 Å². The zero-order valence-electron chi connectivity index (χ0n) is 9.01. The van der Waals surface area contributed by atoms with E-state index in [0.717, 1.165) is 18.4 Å². The van der Waals surface area contributed by atoms with Crippen LogP contribution < -0.4 is 10.9 Å². The minimum atomic E-state index is -4.44. The highest BCUT2D eigenvalue weighted by Gasteiger charge is 2.33. The van der Waals surface area contributed by atoms with Crippen molar-refractivity contribution in [2.45, 2.75) is 6.18 Å². The fraction of sp³-hybridized carbons (Fsp3) is 0.300. The Labute approximate surface area is 111 Å². The second kappa shape index (κ2) is 5.27. The number of aliphatic imine (C=N–C) groups is 1. The van der Waals surface area contributed by atoms with E-state index in [9.17, 15) is 13.2 Å². The van der Waals surface area contributed by atoms with Crippen molar-refractivity contribution >= 4 is 34.2 Å². The van der Waals surface area contributed by atoms with Crippen molar-refractivity contribution in [1.29, 1.82) is 0 Å². The maximum Gasteiger partial charge on any atom is 0.417 e. The largest absolute Gasteiger partial charge is 0.417 e. The van der Waals surface area contributed by atoms with Crippen LogP contribution in [-0.4, -0.2) is 17.5 Å². The number of hydrogen-bond acceptors (Lipinski definition) is 4. The Morgan fingerprint density at radius 1 is 1.28 bits per heavy atom. The molecule has 1 aliphatic heterocycles. The van der Waals surface area contributed by atoms with Crippen LogP contribution in [0, 0.1) is 0 Å². The summed E-state index contributed by atoms with van der Waals surface area (Å²) in [6.45, 7) is 0.739. The number of rotatable bonds is 2. The molecule has 2 N–H and O–H groups in total. The zero-order valence-corrected chi connectivity index (χ0v) is 10.6. The van der Waals surface area contributed by atoms with Gasteiger partial charge in [-0.3, -0.25) is 15.8 Å². The Balaban J connectivity index is 2.04. The second-order valence-electron chi connectivity index (χ2n) is 3.48. The third-order valence-electron chi connectivity index (χ3n) is 2.17. The van der Waals surface area contributed by atoms with Crippen molar-refractivity contribution in [1.82, 2.24) is 5.43 Å². The Morgan fingerprint density at radius 2 is 2.06 bits per heavy atom. The average molecular weight is 296 g/mol. The van der Waals surface area contributed by atoms with Crippen LogP contribution in [0.25, 0.3) is 0 Å². The average Bonchev–Trinajstić information content (AvgIpc) is 2.77. The molecule has 18 heavy (non-hydrogen) atoms. The third kappa shape index (κ3) is 3.23. The molecule has 0 radical (unpaired) electrons. The fourth-order valence-electron chi connectivity index (χ4n) is 1.36. The molecule has 2 rings (SSSR count). The van der Waals surface area contributed by atoms with Gasteiger partial charge in [0, 0.05) is 5.75 Å². The summed E-state index contributed by atoms with van der Waals surface area (Å²) in [6, 6.07) is 3.47. The summed E-state index contributed by atoms with van der Waals surface area (Å²) in [5, 5.41) is 0.376. The van der Waals surface area contributed by atoms with E-state index in [4.69, 9.17) is 11.6 Å². The van der Waals surface area contributed by atoms with Crippen LogP contribution in [-0.2, 0) is 6.18 Å². The van der Waals surface area contributed by atoms with Crippen molar-refractivity contribution in [3.63, 3.8) is 0 Å². The predicted octanol–water partition coefficient (Wildman–Crippen LogP) is 3.38. The number of halogens is 4. The van der Waals surface area contributed by atoms with Gasteiger partial charge in [-0.15, -0.1) is 0 Å². The minimum absolute atomic E-state index is 0.338. The van der Waals surface area contributed by atoms with Crippen LogP contribution in [0.15, 0.2) is 23.2 Å². The van der Waals surface area contributed by atoms with E-state index in [1.165, 1.54) is 23.9 Å². The lowest BCUT2D eigenvalue weighted by molar-refractivity contribution is -0.137. The van der Waals surface area contributed by atoms with Crippen LogP contribution >= 0.6 is 23.4 Å². The van der Waals surface area contributed by atoms with E-state index < -0.39 is 11.7 Å². The molecule has 3 nitrogen and oxygen atoms in total. The van der Waals surface area contributed by atoms with E-state index in [2.05, 4.69) is 15.8 Å². The van der Waals surface area contributed by atoms with E-state index in [1.54, 1.807) is 0 Å². The number of alkyl halides is 3. The summed E-state index contributed by atoms with van der Waals surface area (Å²) in [6.07, 6.45) is -4.44. The van der Waals surface area contributed by atoms with E-state index in [-0.39, 0.29) is 5.02 Å². The lowest BCUT2D eigenvalue weighted by Crippen LogP contribution is -2.25. The van der Waals surface area contributed by atoms with Gasteiger partial charge in [0.05, 0.1) is 22.8 Å². The molecule has 0 fully saturated rings. The summed E-state index contributed by atoms with van der Waals surface area (Å²) in [5.41, 5.74) is 5.16. The predicted molar refractivity (Wildman–Crippen MR) is 68.0 cm³/mol. The van der Waals surface area contributed by atoms with Crippen LogP contribution in [0.1, 0.15) is 5.56 Å². The number of amidine groups is 1. The Bertz CT molecular complexity index is 476. The number of nitrogens with one attached hydrogen (secondary N) is 2. The van der Waals surface area contributed by atoms with Gasteiger partial charge in [0.2, 0.25) is 0 Å². The highest BCUT2D eigenvalue weighted by molar-refractivity contribution is 8.14. The van der Waals surface area contributed by atoms with Gasteiger partial charge in [0.1, 0.15) is 0 Å². The molecule has 0 saturated heterocycles. The summed E-state index contributed by atoms with van der Waals surface area (Å²) in [7, 11) is 0. The maximum atomic E-state index is 12.5. The van der Waals surface area contributed by atoms with Gasteiger partial charge >= 0.3 is 6.18 Å². The molecule has 0 atom stereocenters. The first-order chi connectivity index (χ1) is 8.47. The van der Waals surface area contributed by atoms with Crippen molar-refractivity contribution in [2.75, 3.05) is 17.7 Å². The van der Waals surface area contributed by atoms with Gasteiger partial charge in [-0.2, -0.15) is 13.2 Å². The SMILES string of the molecule is FC(F)(F)c1ccc(NNC2=NCCS2)cc1Cl. The Morgan fingerprint density at radius 3 is 2.61 bits per heavy atom. The molecule has 0 spiro atoms. The summed E-state index contributed by atoms with van der Waals surface area (Å²) < 4.78 is 37.4. The number of anilines is 1. The first-order valence-corrected chi connectivity index (χ1v) is 6.39. The van der Waals surface area contributed by atoms with E-state index >= 15 is 0 Å². The number of benzene rings is 1. The summed E-state index contributed by atoms with van der Waals surface area (Å²) in [5.74, 6) is 0.901. The minimum Gasteiger partial charge on any atom is -0.299 e. The molecule has 1 aliphatic rings. The van der Waals surface area contributed by atoms with E-state index in [0.29, 0.717) is 10.9 Å². The van der Waals surface area contributed by atoms with Gasteiger partial charge in [-0.05, 0) is 18.2 Å². The van der Waals surface area contributed by atoms with Crippen molar-refractivity contribution < 1.29 is 13.2 Å². The number of thioether (sulfide) groups is 1. The highest BCUT2D eigenvalue weighted by atomic mass is 35.5. The molecular formula is C10H9ClF3N3S. The lowest BCUT2D eigenvalue weighted by atomic mass is 10.2. The van der Waals surface area contributed by atoms with Gasteiger partial charge in [-0.1, -0.05) is 23.4 Å². The van der Waals surface area contributed by atoms with Crippen molar-refractivity contribution in [3.8, 4) is 0 Å². The Kier molecular flexibility index (Phi) is 3.91. The van der Waals surface area contributed by atoms with Crippen molar-refractivity contribution in [2.24, 2.45) is 4.99 Å². The number of nitrogens with zero attached hydrogens (tertiary/aromatic N) is 1. The van der Waals surface area contributed by atoms with Gasteiger partial charge in [-0.25, -0.2) is 0 Å². The normalized spacial score (nSPS) is 15.4. The van der Waals surface area contributed by atoms with Gasteiger partial charge in [0.15, 0.2) is 5.17 Å². The molecule has 0 aromatic heterocycles. The topological polar surface area (TPSA) is 36.4 Å². The molecule has 1 aromatic rings. The quantitative estimate of drug-likeness (QED) is 0.821. The summed E-state index contributed by atoms with van der Waals surface area (Å²) in [4.78, 5) is 4.12. The molecule has 0 aliphatic carbocycles. The number of hydrogen-bond donors (Lipinski definition) is 2.